The lowest BCUT2D eigenvalue weighted by Gasteiger charge is -2.41. The molecule has 3 fully saturated rings. The van der Waals surface area contributed by atoms with Gasteiger partial charge in [-0.15, -0.1) is 0 Å². The van der Waals surface area contributed by atoms with Gasteiger partial charge in [-0.05, 0) is 12.3 Å². The molecule has 1 unspecified atom stereocenters. The molecule has 0 aromatic heterocycles. The van der Waals surface area contributed by atoms with Crippen LogP contribution in [0.3, 0.4) is 0 Å². The first-order valence-corrected chi connectivity index (χ1v) is 5.92. The molecule has 0 amide bonds. The van der Waals surface area contributed by atoms with Gasteiger partial charge in [0.2, 0.25) is 0 Å². The molecule has 3 aliphatic rings. The number of ether oxygens (including phenoxy) is 1. The number of nitrogens with one attached hydrogen (secondary N) is 1. The number of rotatable bonds is 4. The number of quaternary nitrogens is 1. The number of fused-ring (bicyclic) bond motifs is 3. The molecule has 0 aromatic rings. The summed E-state index contributed by atoms with van der Waals surface area (Å²) in [6.45, 7) is 7.95. The lowest BCUT2D eigenvalue weighted by molar-refractivity contribution is -0.921. The van der Waals surface area contributed by atoms with Crippen LogP contribution in [-0.4, -0.2) is 32.2 Å². The largest absolute Gasteiger partial charge is 0.463 e. The van der Waals surface area contributed by atoms with Crippen LogP contribution in [0.4, 0.5) is 0 Å². The van der Waals surface area contributed by atoms with E-state index in [1.807, 2.05) is 0 Å². The number of carbonyl (C=O) groups excluding carboxylic acids is 1. The molecule has 3 heteroatoms. The molecule has 0 radical (unpaired) electrons. The van der Waals surface area contributed by atoms with Crippen molar-refractivity contribution in [1.82, 2.24) is 0 Å². The van der Waals surface area contributed by atoms with Gasteiger partial charge in [0.15, 0.2) is 0 Å². The van der Waals surface area contributed by atoms with Crippen molar-refractivity contribution in [1.29, 1.82) is 0 Å². The van der Waals surface area contributed by atoms with Gasteiger partial charge in [-0.2, -0.15) is 0 Å². The van der Waals surface area contributed by atoms with Gasteiger partial charge in [-0.1, -0.05) is 6.58 Å². The second kappa shape index (κ2) is 4.79. The van der Waals surface area contributed by atoms with Crippen LogP contribution < -0.4 is 4.90 Å². The molecule has 0 aromatic carbocycles. The standard InChI is InChI=1S/C12H19NO2/c1-2-12(14)15-8-5-11-9-13-6-3-10(11)4-7-13/h2,10-11H,1,3-9H2/p+1. The molecule has 2 bridgehead atoms. The summed E-state index contributed by atoms with van der Waals surface area (Å²) in [6, 6.07) is 0. The molecule has 0 aliphatic carbocycles. The van der Waals surface area contributed by atoms with Gasteiger partial charge in [-0.3, -0.25) is 0 Å². The maximum absolute atomic E-state index is 10.9. The van der Waals surface area contributed by atoms with Crippen molar-refractivity contribution in [2.45, 2.75) is 19.3 Å². The van der Waals surface area contributed by atoms with E-state index >= 15 is 0 Å². The summed E-state index contributed by atoms with van der Waals surface area (Å²) in [5, 5.41) is 0. The zero-order valence-electron chi connectivity index (χ0n) is 9.21. The first kappa shape index (κ1) is 10.7. The molecule has 15 heavy (non-hydrogen) atoms. The summed E-state index contributed by atoms with van der Waals surface area (Å²) in [5.41, 5.74) is 0. The van der Waals surface area contributed by atoms with Crippen molar-refractivity contribution in [2.24, 2.45) is 11.8 Å². The molecule has 0 spiro atoms. The van der Waals surface area contributed by atoms with Crippen LogP contribution in [0.5, 0.6) is 0 Å². The molecule has 1 N–H and O–H groups in total. The lowest BCUT2D eigenvalue weighted by atomic mass is 9.78. The van der Waals surface area contributed by atoms with Gasteiger partial charge in [0, 0.05) is 24.8 Å². The molecule has 3 aliphatic heterocycles. The normalized spacial score (nSPS) is 33.7. The molecule has 3 heterocycles. The predicted octanol–water partition coefficient (Wildman–Crippen LogP) is 0.0304. The summed E-state index contributed by atoms with van der Waals surface area (Å²) < 4.78 is 5.04. The molecular formula is C12H20NO2+. The van der Waals surface area contributed by atoms with Crippen LogP contribution in [-0.2, 0) is 9.53 Å². The Labute approximate surface area is 91.1 Å². The summed E-state index contributed by atoms with van der Waals surface area (Å²) in [7, 11) is 0. The van der Waals surface area contributed by atoms with Crippen molar-refractivity contribution in [2.75, 3.05) is 26.2 Å². The molecule has 84 valence electrons. The minimum Gasteiger partial charge on any atom is -0.463 e. The number of hydrogen-bond donors (Lipinski definition) is 1. The first-order chi connectivity index (χ1) is 7.29. The highest BCUT2D eigenvalue weighted by Gasteiger charge is 2.36. The van der Waals surface area contributed by atoms with Gasteiger partial charge in [0.05, 0.1) is 26.2 Å². The van der Waals surface area contributed by atoms with Crippen molar-refractivity contribution in [3.63, 3.8) is 0 Å². The van der Waals surface area contributed by atoms with E-state index in [-0.39, 0.29) is 5.97 Å². The van der Waals surface area contributed by atoms with E-state index in [2.05, 4.69) is 6.58 Å². The van der Waals surface area contributed by atoms with Crippen LogP contribution in [0.15, 0.2) is 12.7 Å². The first-order valence-electron chi connectivity index (χ1n) is 5.92. The quantitative estimate of drug-likeness (QED) is 0.524. The Morgan fingerprint density at radius 1 is 1.47 bits per heavy atom. The number of hydrogen-bond acceptors (Lipinski definition) is 2. The van der Waals surface area contributed by atoms with Crippen molar-refractivity contribution in [3.8, 4) is 0 Å². The maximum Gasteiger partial charge on any atom is 0.330 e. The molecular weight excluding hydrogens is 190 g/mol. The van der Waals surface area contributed by atoms with Crippen LogP contribution in [0, 0.1) is 11.8 Å². The van der Waals surface area contributed by atoms with Crippen LogP contribution in [0.2, 0.25) is 0 Å². The molecule has 3 nitrogen and oxygen atoms in total. The fourth-order valence-electron chi connectivity index (χ4n) is 2.97. The van der Waals surface area contributed by atoms with E-state index in [0.29, 0.717) is 6.61 Å². The fourth-order valence-corrected chi connectivity index (χ4v) is 2.97. The van der Waals surface area contributed by atoms with Gasteiger partial charge in [0.25, 0.3) is 0 Å². The number of carbonyl (C=O) groups is 1. The fraction of sp³-hybridized carbons (Fsp3) is 0.750. The van der Waals surface area contributed by atoms with Crippen LogP contribution >= 0.6 is 0 Å². The zero-order valence-corrected chi connectivity index (χ0v) is 9.21. The highest BCUT2D eigenvalue weighted by molar-refractivity contribution is 5.81. The highest BCUT2D eigenvalue weighted by Crippen LogP contribution is 2.26. The Balaban J connectivity index is 1.71. The summed E-state index contributed by atoms with van der Waals surface area (Å²) in [6.07, 6.45) is 5.01. The molecule has 0 saturated carbocycles. The molecule has 3 rings (SSSR count). The lowest BCUT2D eigenvalue weighted by Crippen LogP contribution is -3.15. The second-order valence-electron chi connectivity index (χ2n) is 4.71. The third-order valence-electron chi connectivity index (χ3n) is 3.85. The van der Waals surface area contributed by atoms with Gasteiger partial charge < -0.3 is 9.64 Å². The van der Waals surface area contributed by atoms with E-state index in [9.17, 15) is 4.79 Å². The van der Waals surface area contributed by atoms with E-state index in [0.717, 1.165) is 18.3 Å². The summed E-state index contributed by atoms with van der Waals surface area (Å²) >= 11 is 0. The molecule has 3 saturated heterocycles. The Bertz CT molecular complexity index is 244. The Morgan fingerprint density at radius 3 is 2.73 bits per heavy atom. The monoisotopic (exact) mass is 210 g/mol. The SMILES string of the molecule is C=CC(=O)OCCC1C[NH+]2CCC1CC2. The van der Waals surface area contributed by atoms with Crippen molar-refractivity contribution >= 4 is 5.97 Å². The average Bonchev–Trinajstić information content (AvgIpc) is 2.30. The predicted molar refractivity (Wildman–Crippen MR) is 57.6 cm³/mol. The van der Waals surface area contributed by atoms with E-state index in [1.54, 1.807) is 4.90 Å². The van der Waals surface area contributed by atoms with E-state index in [4.69, 9.17) is 4.74 Å². The number of esters is 1. The topological polar surface area (TPSA) is 30.7 Å². The van der Waals surface area contributed by atoms with E-state index in [1.165, 1.54) is 38.6 Å². The van der Waals surface area contributed by atoms with Gasteiger partial charge in [-0.25, -0.2) is 4.79 Å². The summed E-state index contributed by atoms with van der Waals surface area (Å²) in [5.74, 6) is 1.38. The van der Waals surface area contributed by atoms with Gasteiger partial charge in [0.1, 0.15) is 0 Å². The second-order valence-corrected chi connectivity index (χ2v) is 4.71. The van der Waals surface area contributed by atoms with Crippen LogP contribution in [0.25, 0.3) is 0 Å². The van der Waals surface area contributed by atoms with Crippen molar-refractivity contribution in [3.05, 3.63) is 12.7 Å². The third-order valence-corrected chi connectivity index (χ3v) is 3.85. The summed E-state index contributed by atoms with van der Waals surface area (Å²) in [4.78, 5) is 12.6. The zero-order chi connectivity index (χ0) is 10.7. The Morgan fingerprint density at radius 2 is 2.20 bits per heavy atom. The number of piperidine rings is 3. The van der Waals surface area contributed by atoms with Gasteiger partial charge >= 0.3 is 5.97 Å². The van der Waals surface area contributed by atoms with E-state index < -0.39 is 0 Å². The Kier molecular flexibility index (Phi) is 3.41. The van der Waals surface area contributed by atoms with Crippen LogP contribution in [0.1, 0.15) is 19.3 Å². The third kappa shape index (κ3) is 2.59. The minimum absolute atomic E-state index is 0.288. The maximum atomic E-state index is 10.9. The Hall–Kier alpha value is -0.830. The smallest absolute Gasteiger partial charge is 0.330 e. The average molecular weight is 210 g/mol. The van der Waals surface area contributed by atoms with Crippen molar-refractivity contribution < 1.29 is 14.4 Å². The minimum atomic E-state index is -0.288. The highest BCUT2D eigenvalue weighted by atomic mass is 16.5. The molecule has 1 atom stereocenters.